The van der Waals surface area contributed by atoms with E-state index in [0.717, 1.165) is 12.8 Å². The van der Waals surface area contributed by atoms with Gasteiger partial charge in [0.15, 0.2) is 0 Å². The third-order valence-corrected chi connectivity index (χ3v) is 1.94. The second-order valence-corrected chi connectivity index (χ2v) is 4.48. The number of carbonyl (C=O) groups excluding carboxylic acids is 2. The molecule has 0 aliphatic carbocycles. The molecule has 1 fully saturated rings. The Morgan fingerprint density at radius 2 is 1.88 bits per heavy atom. The summed E-state index contributed by atoms with van der Waals surface area (Å²) in [6, 6.07) is 0. The maximum Gasteiger partial charge on any atom is 0.417 e. The standard InChI is InChI=1S/C10H17NO3.C2H4/c1-10(2,3)14-9(13)11-7-5-4-6-8(11)12;1-2/h4-7H2,1-3H3;1-2H2. The van der Waals surface area contributed by atoms with Gasteiger partial charge in [0.2, 0.25) is 5.91 Å². The van der Waals surface area contributed by atoms with Crippen LogP contribution in [0.25, 0.3) is 0 Å². The Labute approximate surface area is 97.3 Å². The van der Waals surface area contributed by atoms with Crippen LogP contribution in [0, 0.1) is 0 Å². The molecule has 0 aromatic heterocycles. The highest BCUT2D eigenvalue weighted by Crippen LogP contribution is 2.15. The third-order valence-electron chi connectivity index (χ3n) is 1.94. The smallest absolute Gasteiger partial charge is 0.417 e. The van der Waals surface area contributed by atoms with Gasteiger partial charge in [-0.2, -0.15) is 0 Å². The monoisotopic (exact) mass is 227 g/mol. The summed E-state index contributed by atoms with van der Waals surface area (Å²) in [5, 5.41) is 0. The van der Waals surface area contributed by atoms with Crippen molar-refractivity contribution in [3.63, 3.8) is 0 Å². The van der Waals surface area contributed by atoms with E-state index in [1.54, 1.807) is 20.8 Å². The zero-order chi connectivity index (χ0) is 12.8. The minimum atomic E-state index is -0.533. The Morgan fingerprint density at radius 3 is 2.31 bits per heavy atom. The number of ether oxygens (including phenoxy) is 1. The van der Waals surface area contributed by atoms with Crippen LogP contribution in [0.2, 0.25) is 0 Å². The molecule has 1 rings (SSSR count). The van der Waals surface area contributed by atoms with Crippen molar-refractivity contribution in [3.8, 4) is 0 Å². The second kappa shape index (κ2) is 6.30. The number of rotatable bonds is 0. The average Bonchev–Trinajstić information content (AvgIpc) is 2.18. The molecule has 1 saturated heterocycles. The number of imide groups is 1. The highest BCUT2D eigenvalue weighted by molar-refractivity contribution is 5.92. The number of carbonyl (C=O) groups is 2. The van der Waals surface area contributed by atoms with Crippen LogP contribution < -0.4 is 0 Å². The molecule has 0 unspecified atom stereocenters. The number of likely N-dealkylation sites (tertiary alicyclic amines) is 1. The van der Waals surface area contributed by atoms with Crippen molar-refractivity contribution in [2.24, 2.45) is 0 Å². The molecule has 0 aromatic rings. The largest absolute Gasteiger partial charge is 0.443 e. The Hall–Kier alpha value is -1.32. The second-order valence-electron chi connectivity index (χ2n) is 4.48. The molecule has 0 radical (unpaired) electrons. The summed E-state index contributed by atoms with van der Waals surface area (Å²) in [7, 11) is 0. The van der Waals surface area contributed by atoms with Gasteiger partial charge in [-0.1, -0.05) is 0 Å². The van der Waals surface area contributed by atoms with Gasteiger partial charge in [-0.3, -0.25) is 4.79 Å². The van der Waals surface area contributed by atoms with Gasteiger partial charge in [-0.05, 0) is 33.6 Å². The van der Waals surface area contributed by atoms with E-state index in [1.165, 1.54) is 4.90 Å². The molecular weight excluding hydrogens is 206 g/mol. The Morgan fingerprint density at radius 1 is 1.31 bits per heavy atom. The first kappa shape index (κ1) is 14.7. The summed E-state index contributed by atoms with van der Waals surface area (Å²) in [6.45, 7) is 11.9. The van der Waals surface area contributed by atoms with Crippen molar-refractivity contribution < 1.29 is 14.3 Å². The SMILES string of the molecule is C=C.CC(C)(C)OC(=O)N1CCCCC1=O. The van der Waals surface area contributed by atoms with E-state index < -0.39 is 11.7 Å². The Balaban J connectivity index is 0.00000106. The molecule has 4 nitrogen and oxygen atoms in total. The van der Waals surface area contributed by atoms with Crippen LogP contribution in [-0.2, 0) is 9.53 Å². The summed E-state index contributed by atoms with van der Waals surface area (Å²) in [6.07, 6.45) is 1.70. The van der Waals surface area contributed by atoms with E-state index in [4.69, 9.17) is 4.74 Å². The zero-order valence-electron chi connectivity index (χ0n) is 10.4. The minimum Gasteiger partial charge on any atom is -0.443 e. The minimum absolute atomic E-state index is 0.120. The molecule has 2 amide bonds. The molecule has 0 saturated carbocycles. The maximum atomic E-state index is 11.5. The highest BCUT2D eigenvalue weighted by atomic mass is 16.6. The van der Waals surface area contributed by atoms with Crippen LogP contribution in [-0.4, -0.2) is 29.0 Å². The van der Waals surface area contributed by atoms with Gasteiger partial charge in [0, 0.05) is 13.0 Å². The fraction of sp³-hybridized carbons (Fsp3) is 0.667. The van der Waals surface area contributed by atoms with Crippen LogP contribution in [0.15, 0.2) is 13.2 Å². The summed E-state index contributed by atoms with van der Waals surface area (Å²) in [5.74, 6) is -0.120. The van der Waals surface area contributed by atoms with Gasteiger partial charge in [-0.15, -0.1) is 13.2 Å². The molecule has 16 heavy (non-hydrogen) atoms. The molecule has 0 aromatic carbocycles. The molecular formula is C12H21NO3. The molecule has 0 bridgehead atoms. The third kappa shape index (κ3) is 4.96. The predicted molar refractivity (Wildman–Crippen MR) is 63.1 cm³/mol. The lowest BCUT2D eigenvalue weighted by atomic mass is 10.1. The molecule has 0 N–H and O–H groups in total. The van der Waals surface area contributed by atoms with Gasteiger partial charge >= 0.3 is 6.09 Å². The van der Waals surface area contributed by atoms with Gasteiger partial charge in [-0.25, -0.2) is 9.69 Å². The maximum absolute atomic E-state index is 11.5. The van der Waals surface area contributed by atoms with E-state index >= 15 is 0 Å². The zero-order valence-corrected chi connectivity index (χ0v) is 10.4. The van der Waals surface area contributed by atoms with Crippen LogP contribution in [0.5, 0.6) is 0 Å². The lowest BCUT2D eigenvalue weighted by Gasteiger charge is -2.28. The molecule has 1 aliphatic heterocycles. The van der Waals surface area contributed by atoms with E-state index in [9.17, 15) is 9.59 Å². The first-order valence-electron chi connectivity index (χ1n) is 5.43. The first-order chi connectivity index (χ1) is 7.40. The fourth-order valence-electron chi connectivity index (χ4n) is 1.32. The summed E-state index contributed by atoms with van der Waals surface area (Å²) in [5.41, 5.74) is -0.533. The van der Waals surface area contributed by atoms with Crippen molar-refractivity contribution in [1.82, 2.24) is 4.90 Å². The van der Waals surface area contributed by atoms with Crippen molar-refractivity contribution in [3.05, 3.63) is 13.2 Å². The molecule has 92 valence electrons. The van der Waals surface area contributed by atoms with Gasteiger partial charge < -0.3 is 4.74 Å². The molecule has 1 heterocycles. The normalized spacial score (nSPS) is 16.2. The van der Waals surface area contributed by atoms with E-state index in [2.05, 4.69) is 13.2 Å². The first-order valence-corrected chi connectivity index (χ1v) is 5.43. The van der Waals surface area contributed by atoms with Gasteiger partial charge in [0.05, 0.1) is 0 Å². The quantitative estimate of drug-likeness (QED) is 0.598. The van der Waals surface area contributed by atoms with E-state index in [1.807, 2.05) is 0 Å². The lowest BCUT2D eigenvalue weighted by molar-refractivity contribution is -0.132. The Bertz CT molecular complexity index is 255. The highest BCUT2D eigenvalue weighted by Gasteiger charge is 2.28. The van der Waals surface area contributed by atoms with Crippen molar-refractivity contribution in [1.29, 1.82) is 0 Å². The van der Waals surface area contributed by atoms with E-state index in [-0.39, 0.29) is 5.91 Å². The summed E-state index contributed by atoms with van der Waals surface area (Å²) < 4.78 is 5.11. The predicted octanol–water partition coefficient (Wildman–Crippen LogP) is 2.74. The topological polar surface area (TPSA) is 46.6 Å². The van der Waals surface area contributed by atoms with Crippen LogP contribution in [0.1, 0.15) is 40.0 Å². The van der Waals surface area contributed by atoms with Gasteiger partial charge in [0.25, 0.3) is 0 Å². The summed E-state index contributed by atoms with van der Waals surface area (Å²) >= 11 is 0. The van der Waals surface area contributed by atoms with E-state index in [0.29, 0.717) is 13.0 Å². The molecule has 1 aliphatic rings. The number of hydrogen-bond donors (Lipinski definition) is 0. The number of nitrogens with zero attached hydrogens (tertiary/aromatic N) is 1. The number of hydrogen-bond acceptors (Lipinski definition) is 3. The molecule has 4 heteroatoms. The van der Waals surface area contributed by atoms with Crippen LogP contribution in [0.3, 0.4) is 0 Å². The van der Waals surface area contributed by atoms with Crippen molar-refractivity contribution >= 4 is 12.0 Å². The Kier molecular flexibility index (Phi) is 5.78. The lowest BCUT2D eigenvalue weighted by Crippen LogP contribution is -2.43. The van der Waals surface area contributed by atoms with Crippen LogP contribution >= 0.6 is 0 Å². The summed E-state index contributed by atoms with van der Waals surface area (Å²) in [4.78, 5) is 24.1. The van der Waals surface area contributed by atoms with Crippen molar-refractivity contribution in [2.45, 2.75) is 45.6 Å². The molecule has 0 spiro atoms. The molecule has 0 atom stereocenters. The number of piperidine rings is 1. The average molecular weight is 227 g/mol. The fourth-order valence-corrected chi connectivity index (χ4v) is 1.32. The van der Waals surface area contributed by atoms with Gasteiger partial charge in [0.1, 0.15) is 5.60 Å². The number of amides is 2. The van der Waals surface area contributed by atoms with Crippen LogP contribution in [0.4, 0.5) is 4.79 Å². The van der Waals surface area contributed by atoms with Crippen molar-refractivity contribution in [2.75, 3.05) is 6.54 Å².